The topological polar surface area (TPSA) is 41.1 Å². The first-order valence-electron chi connectivity index (χ1n) is 5.70. The minimum atomic E-state index is -4.93. The van der Waals surface area contributed by atoms with E-state index in [0.717, 1.165) is 0 Å². The second kappa shape index (κ2) is 6.54. The second-order valence-corrected chi connectivity index (χ2v) is 5.37. The van der Waals surface area contributed by atoms with Gasteiger partial charge in [0.2, 0.25) is 0 Å². The minimum Gasteiger partial charge on any atom is -0.365 e. The number of rotatable bonds is 4. The summed E-state index contributed by atoms with van der Waals surface area (Å²) >= 11 is 11.6. The van der Waals surface area contributed by atoms with E-state index in [9.17, 15) is 18.0 Å². The molecule has 1 aromatic carbocycles. The van der Waals surface area contributed by atoms with E-state index in [2.05, 4.69) is 5.32 Å². The largest absolute Gasteiger partial charge is 0.471 e. The summed E-state index contributed by atoms with van der Waals surface area (Å²) in [4.78, 5) is 11.0. The fourth-order valence-corrected chi connectivity index (χ4v) is 1.94. The number of anilines is 1. The van der Waals surface area contributed by atoms with Crippen LogP contribution in [0.25, 0.3) is 0 Å². The van der Waals surface area contributed by atoms with Gasteiger partial charge in [-0.25, -0.2) is 0 Å². The van der Waals surface area contributed by atoms with E-state index in [-0.39, 0.29) is 5.92 Å². The van der Waals surface area contributed by atoms with Crippen LogP contribution in [-0.4, -0.2) is 18.2 Å². The van der Waals surface area contributed by atoms with E-state index in [1.807, 2.05) is 5.32 Å². The van der Waals surface area contributed by atoms with Crippen LogP contribution in [0.3, 0.4) is 0 Å². The Bertz CT molecular complexity index is 472. The van der Waals surface area contributed by atoms with E-state index in [1.165, 1.54) is 18.2 Å². The minimum absolute atomic E-state index is 0.279. The molecule has 1 amide bonds. The smallest absolute Gasteiger partial charge is 0.365 e. The summed E-state index contributed by atoms with van der Waals surface area (Å²) in [6, 6.07) is 4.50. The fraction of sp³-hybridized carbons (Fsp3) is 0.417. The molecule has 8 heteroatoms. The van der Waals surface area contributed by atoms with Crippen molar-refractivity contribution in [2.45, 2.75) is 26.2 Å². The Balaban J connectivity index is 2.85. The zero-order valence-electron chi connectivity index (χ0n) is 10.7. The van der Waals surface area contributed by atoms with E-state index in [1.54, 1.807) is 13.8 Å². The zero-order chi connectivity index (χ0) is 15.5. The summed E-state index contributed by atoms with van der Waals surface area (Å²) in [7, 11) is 0. The van der Waals surface area contributed by atoms with Crippen LogP contribution in [0.4, 0.5) is 18.9 Å². The SMILES string of the molecule is CC(C)[C@@H](NC(=O)C(F)(F)F)Nc1cc(Cl)cc(Cl)c1. The number of amides is 1. The molecule has 0 aliphatic heterocycles. The number of hydrogen-bond donors (Lipinski definition) is 2. The van der Waals surface area contributed by atoms with Crippen molar-refractivity contribution in [1.82, 2.24) is 5.32 Å². The highest BCUT2D eigenvalue weighted by atomic mass is 35.5. The molecular weight excluding hydrogens is 316 g/mol. The Morgan fingerprint density at radius 2 is 1.65 bits per heavy atom. The van der Waals surface area contributed by atoms with Crippen molar-refractivity contribution in [1.29, 1.82) is 0 Å². The van der Waals surface area contributed by atoms with Gasteiger partial charge in [0.25, 0.3) is 0 Å². The van der Waals surface area contributed by atoms with Crippen LogP contribution < -0.4 is 10.6 Å². The van der Waals surface area contributed by atoms with Gasteiger partial charge >= 0.3 is 12.1 Å². The molecule has 0 bridgehead atoms. The molecule has 0 heterocycles. The quantitative estimate of drug-likeness (QED) is 0.818. The Hall–Kier alpha value is -1.14. The lowest BCUT2D eigenvalue weighted by Crippen LogP contribution is -2.49. The van der Waals surface area contributed by atoms with Crippen LogP contribution in [0.15, 0.2) is 18.2 Å². The third-order valence-corrected chi connectivity index (χ3v) is 2.83. The summed E-state index contributed by atoms with van der Waals surface area (Å²) in [5.74, 6) is -2.28. The first kappa shape index (κ1) is 16.9. The summed E-state index contributed by atoms with van der Waals surface area (Å²) in [5.41, 5.74) is 0.420. The van der Waals surface area contributed by atoms with Crippen molar-refractivity contribution in [2.75, 3.05) is 5.32 Å². The average molecular weight is 329 g/mol. The molecule has 0 spiro atoms. The molecule has 0 aliphatic rings. The molecule has 3 nitrogen and oxygen atoms in total. The predicted octanol–water partition coefficient (Wildman–Crippen LogP) is 4.07. The normalized spacial score (nSPS) is 13.2. The van der Waals surface area contributed by atoms with Gasteiger partial charge in [0, 0.05) is 15.7 Å². The third-order valence-electron chi connectivity index (χ3n) is 2.40. The predicted molar refractivity (Wildman–Crippen MR) is 72.9 cm³/mol. The third kappa shape index (κ3) is 5.09. The lowest BCUT2D eigenvalue weighted by Gasteiger charge is -2.25. The zero-order valence-corrected chi connectivity index (χ0v) is 12.2. The number of alkyl halides is 3. The fourth-order valence-electron chi connectivity index (χ4n) is 1.41. The maximum atomic E-state index is 12.3. The number of carbonyl (C=O) groups excluding carboxylic acids is 1. The van der Waals surface area contributed by atoms with Crippen LogP contribution in [0, 0.1) is 5.92 Å². The van der Waals surface area contributed by atoms with E-state index < -0.39 is 18.2 Å². The number of benzene rings is 1. The first-order chi connectivity index (χ1) is 9.09. The van der Waals surface area contributed by atoms with Gasteiger partial charge in [-0.3, -0.25) is 4.79 Å². The Labute approximate surface area is 124 Å². The van der Waals surface area contributed by atoms with Crippen molar-refractivity contribution in [3.63, 3.8) is 0 Å². The maximum absolute atomic E-state index is 12.3. The molecule has 0 saturated heterocycles. The number of halogens is 5. The Morgan fingerprint density at radius 1 is 1.15 bits per heavy atom. The molecule has 0 unspecified atom stereocenters. The summed E-state index contributed by atoms with van der Waals surface area (Å²) in [6.45, 7) is 3.33. The molecule has 0 fully saturated rings. The van der Waals surface area contributed by atoms with Gasteiger partial charge in [-0.1, -0.05) is 37.0 Å². The Kier molecular flexibility index (Phi) is 5.53. The van der Waals surface area contributed by atoms with Crippen molar-refractivity contribution in [3.05, 3.63) is 28.2 Å². The van der Waals surface area contributed by atoms with Gasteiger partial charge in [-0.15, -0.1) is 0 Å². The monoisotopic (exact) mass is 328 g/mol. The second-order valence-electron chi connectivity index (χ2n) is 4.50. The molecule has 0 aromatic heterocycles. The molecule has 0 saturated carbocycles. The van der Waals surface area contributed by atoms with Crippen LogP contribution in [0.5, 0.6) is 0 Å². The van der Waals surface area contributed by atoms with Crippen LogP contribution in [-0.2, 0) is 4.79 Å². The van der Waals surface area contributed by atoms with Gasteiger partial charge < -0.3 is 10.6 Å². The number of carbonyl (C=O) groups is 1. The highest BCUT2D eigenvalue weighted by Gasteiger charge is 2.40. The highest BCUT2D eigenvalue weighted by molar-refractivity contribution is 6.35. The standard InChI is InChI=1S/C12H13Cl2F3N2O/c1-6(2)10(19-11(20)12(15,16)17)18-9-4-7(13)3-8(14)5-9/h3-6,10,18H,1-2H3,(H,19,20)/t10-/m1/s1. The van der Waals surface area contributed by atoms with Gasteiger partial charge in [0.05, 0.1) is 0 Å². The Morgan fingerprint density at radius 3 is 2.05 bits per heavy atom. The van der Waals surface area contributed by atoms with Crippen molar-refractivity contribution >= 4 is 34.8 Å². The van der Waals surface area contributed by atoms with Crippen LogP contribution in [0.2, 0.25) is 10.0 Å². The van der Waals surface area contributed by atoms with Gasteiger partial charge in [-0.2, -0.15) is 13.2 Å². The van der Waals surface area contributed by atoms with E-state index in [0.29, 0.717) is 15.7 Å². The molecule has 2 N–H and O–H groups in total. The summed E-state index contributed by atoms with van der Waals surface area (Å²) in [5, 5.41) is 5.32. The van der Waals surface area contributed by atoms with Crippen LogP contribution in [0.1, 0.15) is 13.8 Å². The average Bonchev–Trinajstić information content (AvgIpc) is 2.24. The molecule has 1 aromatic rings. The number of nitrogens with one attached hydrogen (secondary N) is 2. The van der Waals surface area contributed by atoms with Gasteiger partial charge in [0.1, 0.15) is 6.17 Å². The summed E-state index contributed by atoms with van der Waals surface area (Å²) in [6.07, 6.45) is -5.83. The van der Waals surface area contributed by atoms with Crippen molar-refractivity contribution in [2.24, 2.45) is 5.92 Å². The van der Waals surface area contributed by atoms with Crippen LogP contribution >= 0.6 is 23.2 Å². The number of hydrogen-bond acceptors (Lipinski definition) is 2. The van der Waals surface area contributed by atoms with E-state index in [4.69, 9.17) is 23.2 Å². The van der Waals surface area contributed by atoms with Crippen molar-refractivity contribution in [3.8, 4) is 0 Å². The van der Waals surface area contributed by atoms with E-state index >= 15 is 0 Å². The molecular formula is C12H13Cl2F3N2O. The molecule has 1 atom stereocenters. The van der Waals surface area contributed by atoms with Gasteiger partial charge in [0.15, 0.2) is 0 Å². The maximum Gasteiger partial charge on any atom is 0.471 e. The highest BCUT2D eigenvalue weighted by Crippen LogP contribution is 2.24. The molecule has 20 heavy (non-hydrogen) atoms. The molecule has 0 radical (unpaired) electrons. The summed E-state index contributed by atoms with van der Waals surface area (Å²) < 4.78 is 36.8. The lowest BCUT2D eigenvalue weighted by atomic mass is 10.1. The molecule has 0 aliphatic carbocycles. The molecule has 1 rings (SSSR count). The first-order valence-corrected chi connectivity index (χ1v) is 6.45. The van der Waals surface area contributed by atoms with Gasteiger partial charge in [-0.05, 0) is 24.1 Å². The lowest BCUT2D eigenvalue weighted by molar-refractivity contribution is -0.174. The van der Waals surface area contributed by atoms with Crippen molar-refractivity contribution < 1.29 is 18.0 Å². The molecule has 112 valence electrons.